The molecule has 0 amide bonds. The van der Waals surface area contributed by atoms with Crippen LogP contribution in [-0.2, 0) is 4.79 Å². The first-order valence-corrected chi connectivity index (χ1v) is 4.89. The summed E-state index contributed by atoms with van der Waals surface area (Å²) in [5.41, 5.74) is -0.685. The van der Waals surface area contributed by atoms with Gasteiger partial charge in [-0.25, -0.2) is 0 Å². The number of carbonyl (C=O) groups excluding carboxylic acids is 1. The number of hydrogen-bond acceptors (Lipinski definition) is 2. The maximum atomic E-state index is 10.1. The first-order valence-electron chi connectivity index (χ1n) is 4.89. The fraction of sp³-hybridized carbons (Fsp3) is 0.727. The van der Waals surface area contributed by atoms with Gasteiger partial charge in [0, 0.05) is 5.92 Å². The Kier molecular flexibility index (Phi) is 5.63. The summed E-state index contributed by atoms with van der Waals surface area (Å²) in [6, 6.07) is 0. The van der Waals surface area contributed by atoms with Gasteiger partial charge in [0.15, 0.2) is 0 Å². The molecule has 0 bridgehead atoms. The summed E-state index contributed by atoms with van der Waals surface area (Å²) in [7, 11) is 0. The second-order valence-corrected chi connectivity index (χ2v) is 3.77. The van der Waals surface area contributed by atoms with Gasteiger partial charge in [-0.05, 0) is 19.4 Å². The predicted molar refractivity (Wildman–Crippen MR) is 54.5 cm³/mol. The number of carbonyl (C=O) groups is 1. The zero-order valence-electron chi connectivity index (χ0n) is 8.79. The lowest BCUT2D eigenvalue weighted by Crippen LogP contribution is -2.31. The first-order chi connectivity index (χ1) is 6.04. The minimum absolute atomic E-state index is 0.0317. The summed E-state index contributed by atoms with van der Waals surface area (Å²) in [5, 5.41) is 9.97. The lowest BCUT2D eigenvalue weighted by Gasteiger charge is -2.28. The summed E-state index contributed by atoms with van der Waals surface area (Å²) < 4.78 is 0. The molecule has 0 aliphatic rings. The molecule has 0 radical (unpaired) electrons. The van der Waals surface area contributed by atoms with Gasteiger partial charge < -0.3 is 5.11 Å². The third kappa shape index (κ3) is 4.83. The van der Waals surface area contributed by atoms with Crippen molar-refractivity contribution in [2.75, 3.05) is 0 Å². The van der Waals surface area contributed by atoms with Gasteiger partial charge in [-0.2, -0.15) is 0 Å². The minimum atomic E-state index is -0.685. The van der Waals surface area contributed by atoms with Crippen LogP contribution in [0.4, 0.5) is 0 Å². The molecule has 1 N–H and O–H groups in total. The molecule has 2 heteroatoms. The van der Waals surface area contributed by atoms with Crippen LogP contribution in [-0.4, -0.2) is 17.0 Å². The van der Waals surface area contributed by atoms with E-state index in [1.165, 1.54) is 6.08 Å². The van der Waals surface area contributed by atoms with Crippen LogP contribution in [0.25, 0.3) is 0 Å². The van der Waals surface area contributed by atoms with Crippen molar-refractivity contribution in [2.24, 2.45) is 5.92 Å². The van der Waals surface area contributed by atoms with Crippen molar-refractivity contribution in [3.05, 3.63) is 12.2 Å². The normalized spacial score (nSPS) is 18.5. The van der Waals surface area contributed by atoms with E-state index in [9.17, 15) is 9.90 Å². The van der Waals surface area contributed by atoms with Crippen LogP contribution in [0.15, 0.2) is 12.2 Å². The lowest BCUT2D eigenvalue weighted by atomic mass is 9.86. The third-order valence-corrected chi connectivity index (χ3v) is 2.50. The minimum Gasteiger partial charge on any atom is -0.390 e. The van der Waals surface area contributed by atoms with E-state index in [4.69, 9.17) is 0 Å². The highest BCUT2D eigenvalue weighted by Crippen LogP contribution is 2.24. The summed E-state index contributed by atoms with van der Waals surface area (Å²) >= 11 is 0. The molecule has 0 spiro atoms. The van der Waals surface area contributed by atoms with Crippen LogP contribution in [0.3, 0.4) is 0 Å². The smallest absolute Gasteiger partial charge is 0.142 e. The van der Waals surface area contributed by atoms with E-state index in [2.05, 4.69) is 6.92 Å². The SMILES string of the molecule is CCCCC(C)(O)C(C)/C=C/C=O. The third-order valence-electron chi connectivity index (χ3n) is 2.50. The Balaban J connectivity index is 4.08. The van der Waals surface area contributed by atoms with Gasteiger partial charge in [-0.1, -0.05) is 32.8 Å². The van der Waals surface area contributed by atoms with Crippen LogP contribution < -0.4 is 0 Å². The quantitative estimate of drug-likeness (QED) is 0.508. The number of allylic oxidation sites excluding steroid dienone is 1. The molecule has 0 saturated carbocycles. The van der Waals surface area contributed by atoms with Gasteiger partial charge in [0.25, 0.3) is 0 Å². The summed E-state index contributed by atoms with van der Waals surface area (Å²) in [4.78, 5) is 10.1. The monoisotopic (exact) mass is 184 g/mol. The zero-order valence-corrected chi connectivity index (χ0v) is 8.79. The Morgan fingerprint density at radius 1 is 1.54 bits per heavy atom. The molecule has 0 aromatic rings. The molecular weight excluding hydrogens is 164 g/mol. The molecule has 2 unspecified atom stereocenters. The van der Waals surface area contributed by atoms with Gasteiger partial charge in [0.2, 0.25) is 0 Å². The summed E-state index contributed by atoms with van der Waals surface area (Å²) in [5.74, 6) is 0.0317. The van der Waals surface area contributed by atoms with Crippen LogP contribution in [0.5, 0.6) is 0 Å². The molecule has 0 aromatic carbocycles. The van der Waals surface area contributed by atoms with E-state index in [1.54, 1.807) is 6.08 Å². The first kappa shape index (κ1) is 12.4. The molecule has 0 fully saturated rings. The lowest BCUT2D eigenvalue weighted by molar-refractivity contribution is -0.104. The van der Waals surface area contributed by atoms with Crippen LogP contribution in [0, 0.1) is 5.92 Å². The van der Waals surface area contributed by atoms with Crippen LogP contribution in [0.1, 0.15) is 40.0 Å². The van der Waals surface area contributed by atoms with Crippen LogP contribution in [0.2, 0.25) is 0 Å². The number of aliphatic hydroxyl groups is 1. The Bertz CT molecular complexity index is 171. The average molecular weight is 184 g/mol. The van der Waals surface area contributed by atoms with Crippen molar-refractivity contribution < 1.29 is 9.90 Å². The summed E-state index contributed by atoms with van der Waals surface area (Å²) in [6.07, 6.45) is 6.83. The second-order valence-electron chi connectivity index (χ2n) is 3.77. The van der Waals surface area contributed by atoms with E-state index in [1.807, 2.05) is 13.8 Å². The maximum Gasteiger partial charge on any atom is 0.142 e. The standard InChI is InChI=1S/C11H20O2/c1-4-5-8-11(3,13)10(2)7-6-9-12/h6-7,9-10,13H,4-5,8H2,1-3H3/b7-6+. The highest BCUT2D eigenvalue weighted by molar-refractivity contribution is 5.64. The fourth-order valence-corrected chi connectivity index (χ4v) is 1.18. The number of hydrogen-bond donors (Lipinski definition) is 1. The van der Waals surface area contributed by atoms with Gasteiger partial charge >= 0.3 is 0 Å². The van der Waals surface area contributed by atoms with Gasteiger partial charge in [-0.3, -0.25) is 4.79 Å². The molecule has 13 heavy (non-hydrogen) atoms. The Morgan fingerprint density at radius 3 is 2.62 bits per heavy atom. The van der Waals surface area contributed by atoms with Crippen molar-refractivity contribution in [1.82, 2.24) is 0 Å². The van der Waals surface area contributed by atoms with E-state index in [0.29, 0.717) is 0 Å². The Morgan fingerprint density at radius 2 is 2.15 bits per heavy atom. The van der Waals surface area contributed by atoms with E-state index in [0.717, 1.165) is 25.5 Å². The zero-order chi connectivity index (χ0) is 10.3. The van der Waals surface area contributed by atoms with Gasteiger partial charge in [0.1, 0.15) is 6.29 Å². The maximum absolute atomic E-state index is 10.1. The van der Waals surface area contributed by atoms with E-state index >= 15 is 0 Å². The fourth-order valence-electron chi connectivity index (χ4n) is 1.18. The van der Waals surface area contributed by atoms with E-state index in [-0.39, 0.29) is 5.92 Å². The molecule has 0 aliphatic heterocycles. The molecule has 76 valence electrons. The molecule has 2 nitrogen and oxygen atoms in total. The van der Waals surface area contributed by atoms with Crippen LogP contribution >= 0.6 is 0 Å². The van der Waals surface area contributed by atoms with E-state index < -0.39 is 5.60 Å². The van der Waals surface area contributed by atoms with Gasteiger partial charge in [-0.15, -0.1) is 0 Å². The van der Waals surface area contributed by atoms with Crippen molar-refractivity contribution in [2.45, 2.75) is 45.6 Å². The average Bonchev–Trinajstić information content (AvgIpc) is 2.10. The number of aldehydes is 1. The number of rotatable bonds is 6. The molecule has 0 aliphatic carbocycles. The number of unbranched alkanes of at least 4 members (excludes halogenated alkanes) is 1. The highest BCUT2D eigenvalue weighted by Gasteiger charge is 2.25. The van der Waals surface area contributed by atoms with Crippen molar-refractivity contribution in [1.29, 1.82) is 0 Å². The Labute approximate surface area is 80.7 Å². The Hall–Kier alpha value is -0.630. The molecule has 2 atom stereocenters. The second kappa shape index (κ2) is 5.92. The predicted octanol–water partition coefficient (Wildman–Crippen LogP) is 2.32. The molecule has 0 heterocycles. The molecular formula is C11H20O2. The largest absolute Gasteiger partial charge is 0.390 e. The van der Waals surface area contributed by atoms with Crippen molar-refractivity contribution >= 4 is 6.29 Å². The molecule has 0 aromatic heterocycles. The molecule has 0 saturated heterocycles. The van der Waals surface area contributed by atoms with Crippen molar-refractivity contribution in [3.63, 3.8) is 0 Å². The van der Waals surface area contributed by atoms with Gasteiger partial charge in [0.05, 0.1) is 5.60 Å². The van der Waals surface area contributed by atoms with Crippen molar-refractivity contribution in [3.8, 4) is 0 Å². The summed E-state index contributed by atoms with van der Waals surface area (Å²) in [6.45, 7) is 5.85. The highest BCUT2D eigenvalue weighted by atomic mass is 16.3. The molecule has 0 rings (SSSR count). The topological polar surface area (TPSA) is 37.3 Å².